The number of benzene rings is 2. The van der Waals surface area contributed by atoms with E-state index in [0.717, 1.165) is 12.1 Å². The highest BCUT2D eigenvalue weighted by Gasteiger charge is 2.35. The molecule has 23 heavy (non-hydrogen) atoms. The standard InChI is InChI=1S/C17H9F2NO3/c18-9-3-1-8(2-4-9)14-13-15(21)11-7-10(19)5-6-12(11)23-16(13)17(22)20-14/h1-7,14H,(H,20,22). The van der Waals surface area contributed by atoms with E-state index < -0.39 is 29.0 Å². The molecule has 0 spiro atoms. The first-order valence-electron chi connectivity index (χ1n) is 6.87. The Morgan fingerprint density at radius 1 is 0.957 bits per heavy atom. The highest BCUT2D eigenvalue weighted by atomic mass is 19.1. The van der Waals surface area contributed by atoms with Gasteiger partial charge in [0, 0.05) is 0 Å². The van der Waals surface area contributed by atoms with Crippen molar-refractivity contribution in [3.8, 4) is 0 Å². The lowest BCUT2D eigenvalue weighted by atomic mass is 9.99. The summed E-state index contributed by atoms with van der Waals surface area (Å²) in [5.41, 5.74) is 0.319. The predicted molar refractivity (Wildman–Crippen MR) is 78.2 cm³/mol. The van der Waals surface area contributed by atoms with E-state index in [1.165, 1.54) is 30.3 Å². The van der Waals surface area contributed by atoms with Gasteiger partial charge in [-0.05, 0) is 35.9 Å². The molecule has 1 atom stereocenters. The Kier molecular flexibility index (Phi) is 2.81. The Hall–Kier alpha value is -3.02. The summed E-state index contributed by atoms with van der Waals surface area (Å²) in [7, 11) is 0. The molecular weight excluding hydrogens is 304 g/mol. The number of hydrogen-bond donors (Lipinski definition) is 1. The topological polar surface area (TPSA) is 59.3 Å². The molecule has 1 N–H and O–H groups in total. The Morgan fingerprint density at radius 2 is 1.65 bits per heavy atom. The highest BCUT2D eigenvalue weighted by molar-refractivity contribution is 5.98. The van der Waals surface area contributed by atoms with E-state index in [0.29, 0.717) is 5.56 Å². The third kappa shape index (κ3) is 2.03. The monoisotopic (exact) mass is 313 g/mol. The fraction of sp³-hybridized carbons (Fsp3) is 0.0588. The number of halogens is 2. The molecule has 114 valence electrons. The van der Waals surface area contributed by atoms with Gasteiger partial charge in [0.1, 0.15) is 17.2 Å². The lowest BCUT2D eigenvalue weighted by molar-refractivity contribution is 0.0938. The van der Waals surface area contributed by atoms with E-state index in [2.05, 4.69) is 5.32 Å². The van der Waals surface area contributed by atoms with Crippen LogP contribution < -0.4 is 10.7 Å². The zero-order valence-corrected chi connectivity index (χ0v) is 11.6. The van der Waals surface area contributed by atoms with Crippen molar-refractivity contribution >= 4 is 16.9 Å². The van der Waals surface area contributed by atoms with Crippen LogP contribution in [0.3, 0.4) is 0 Å². The molecular formula is C17H9F2NO3. The van der Waals surface area contributed by atoms with Crippen molar-refractivity contribution in [3.63, 3.8) is 0 Å². The van der Waals surface area contributed by atoms with Gasteiger partial charge in [-0.15, -0.1) is 0 Å². The fourth-order valence-electron chi connectivity index (χ4n) is 2.79. The molecule has 0 saturated carbocycles. The molecule has 4 rings (SSSR count). The third-order valence-corrected chi connectivity index (χ3v) is 3.86. The first-order chi connectivity index (χ1) is 11.0. The van der Waals surface area contributed by atoms with Gasteiger partial charge in [0.2, 0.25) is 5.76 Å². The van der Waals surface area contributed by atoms with E-state index in [1.807, 2.05) is 0 Å². The summed E-state index contributed by atoms with van der Waals surface area (Å²) in [4.78, 5) is 24.8. The number of hydrogen-bond acceptors (Lipinski definition) is 3. The first kappa shape index (κ1) is 13.6. The Morgan fingerprint density at radius 3 is 2.39 bits per heavy atom. The minimum Gasteiger partial charge on any atom is -0.450 e. The third-order valence-electron chi connectivity index (χ3n) is 3.86. The number of nitrogens with one attached hydrogen (secondary N) is 1. The molecule has 0 aliphatic carbocycles. The molecule has 0 radical (unpaired) electrons. The van der Waals surface area contributed by atoms with Crippen LogP contribution in [-0.4, -0.2) is 5.91 Å². The summed E-state index contributed by atoms with van der Waals surface area (Å²) >= 11 is 0. The molecule has 0 fully saturated rings. The van der Waals surface area contributed by atoms with Crippen LogP contribution in [0.15, 0.2) is 51.7 Å². The van der Waals surface area contributed by atoms with E-state index in [9.17, 15) is 18.4 Å². The van der Waals surface area contributed by atoms with Gasteiger partial charge in [0.15, 0.2) is 5.43 Å². The quantitative estimate of drug-likeness (QED) is 0.751. The van der Waals surface area contributed by atoms with Crippen LogP contribution in [0.5, 0.6) is 0 Å². The van der Waals surface area contributed by atoms with Crippen molar-refractivity contribution in [1.29, 1.82) is 0 Å². The summed E-state index contributed by atoms with van der Waals surface area (Å²) < 4.78 is 31.9. The molecule has 0 bridgehead atoms. The van der Waals surface area contributed by atoms with Gasteiger partial charge < -0.3 is 9.73 Å². The van der Waals surface area contributed by atoms with Crippen LogP contribution in [0.25, 0.3) is 11.0 Å². The van der Waals surface area contributed by atoms with E-state index in [-0.39, 0.29) is 22.3 Å². The van der Waals surface area contributed by atoms with E-state index in [4.69, 9.17) is 4.42 Å². The Balaban J connectivity index is 1.99. The van der Waals surface area contributed by atoms with E-state index >= 15 is 0 Å². The molecule has 0 saturated heterocycles. The molecule has 1 aliphatic rings. The molecule has 2 aromatic carbocycles. The molecule has 4 nitrogen and oxygen atoms in total. The maximum atomic E-state index is 13.4. The first-order valence-corrected chi connectivity index (χ1v) is 6.87. The van der Waals surface area contributed by atoms with Crippen molar-refractivity contribution in [2.75, 3.05) is 0 Å². The summed E-state index contributed by atoms with van der Waals surface area (Å²) in [5.74, 6) is -1.62. The maximum absolute atomic E-state index is 13.4. The average molecular weight is 313 g/mol. The van der Waals surface area contributed by atoms with Crippen LogP contribution in [-0.2, 0) is 0 Å². The van der Waals surface area contributed by atoms with Crippen molar-refractivity contribution in [1.82, 2.24) is 5.32 Å². The molecule has 1 unspecified atom stereocenters. The normalized spacial score (nSPS) is 16.4. The molecule has 2 heterocycles. The van der Waals surface area contributed by atoms with Crippen LogP contribution in [0.1, 0.15) is 27.7 Å². The number of carbonyl (C=O) groups excluding carboxylic acids is 1. The SMILES string of the molecule is O=C1NC(c2ccc(F)cc2)c2c1oc1ccc(F)cc1c2=O. The van der Waals surface area contributed by atoms with Crippen LogP contribution in [0, 0.1) is 11.6 Å². The smallest absolute Gasteiger partial charge is 0.288 e. The second kappa shape index (κ2) is 4.74. The fourth-order valence-corrected chi connectivity index (χ4v) is 2.79. The minimum atomic E-state index is -0.748. The van der Waals surface area contributed by atoms with Crippen LogP contribution >= 0.6 is 0 Å². The summed E-state index contributed by atoms with van der Waals surface area (Å²) in [5, 5.41) is 2.70. The van der Waals surface area contributed by atoms with Gasteiger partial charge in [-0.1, -0.05) is 12.1 Å². The number of rotatable bonds is 1. The van der Waals surface area contributed by atoms with Gasteiger partial charge in [0.25, 0.3) is 5.91 Å². The molecule has 1 amide bonds. The molecule has 1 aromatic heterocycles. The predicted octanol–water partition coefficient (Wildman–Crippen LogP) is 2.90. The van der Waals surface area contributed by atoms with Gasteiger partial charge in [-0.25, -0.2) is 8.78 Å². The maximum Gasteiger partial charge on any atom is 0.288 e. The highest BCUT2D eigenvalue weighted by Crippen LogP contribution is 2.31. The summed E-state index contributed by atoms with van der Waals surface area (Å²) in [6.45, 7) is 0. The zero-order valence-electron chi connectivity index (χ0n) is 11.6. The number of carbonyl (C=O) groups is 1. The van der Waals surface area contributed by atoms with Crippen LogP contribution in [0.4, 0.5) is 8.78 Å². The number of amides is 1. The minimum absolute atomic E-state index is 0.0624. The molecule has 3 aromatic rings. The van der Waals surface area contributed by atoms with Crippen molar-refractivity contribution in [2.24, 2.45) is 0 Å². The van der Waals surface area contributed by atoms with E-state index in [1.54, 1.807) is 0 Å². The second-order valence-corrected chi connectivity index (χ2v) is 5.27. The van der Waals surface area contributed by atoms with Crippen LogP contribution in [0.2, 0.25) is 0 Å². The van der Waals surface area contributed by atoms with Gasteiger partial charge in [0.05, 0.1) is 17.0 Å². The lowest BCUT2D eigenvalue weighted by Crippen LogP contribution is -2.21. The van der Waals surface area contributed by atoms with Crippen molar-refractivity contribution in [2.45, 2.75) is 6.04 Å². The van der Waals surface area contributed by atoms with Gasteiger partial charge in [-0.3, -0.25) is 9.59 Å². The molecule has 6 heteroatoms. The molecule has 1 aliphatic heterocycles. The van der Waals surface area contributed by atoms with Gasteiger partial charge in [-0.2, -0.15) is 0 Å². The summed E-state index contributed by atoms with van der Waals surface area (Å²) in [6, 6.07) is 8.22. The summed E-state index contributed by atoms with van der Waals surface area (Å²) in [6.07, 6.45) is 0. The lowest BCUT2D eigenvalue weighted by Gasteiger charge is -2.11. The average Bonchev–Trinajstić information content (AvgIpc) is 2.86. The van der Waals surface area contributed by atoms with Crippen molar-refractivity contribution < 1.29 is 18.0 Å². The largest absolute Gasteiger partial charge is 0.450 e. The van der Waals surface area contributed by atoms with Gasteiger partial charge >= 0.3 is 0 Å². The Bertz CT molecular complexity index is 1010. The number of fused-ring (bicyclic) bond motifs is 2. The Labute approximate surface area is 128 Å². The van der Waals surface area contributed by atoms with Crippen molar-refractivity contribution in [3.05, 3.63) is 81.2 Å². The zero-order chi connectivity index (χ0) is 16.1. The second-order valence-electron chi connectivity index (χ2n) is 5.27.